The van der Waals surface area contributed by atoms with Crippen molar-refractivity contribution in [2.24, 2.45) is 5.73 Å². The number of benzene rings is 1. The highest BCUT2D eigenvalue weighted by Crippen LogP contribution is 2.41. The molecule has 1 aromatic rings. The van der Waals surface area contributed by atoms with Crippen molar-refractivity contribution < 1.29 is 47.7 Å². The Kier molecular flexibility index (Phi) is 10.4. The number of rotatable bonds is 11. The standard InChI is InChI=1S/C31H40N4O10S/c1-7-8-22(37)34(6)16-44-27(39)24-19(14-43-17(2)36)15-46-26-23(25(38)35(24)26)33-28(40)31(32,29(41)45-30(3,4)5)20-9-10-21-18(13-20)11-12-42-21/h9-10,13,23,26H,7-8,11-12,14-16,32H2,1-6H3,(H,33,40). The molecule has 1 saturated heterocycles. The molecule has 1 fully saturated rings. The predicted octanol–water partition coefficient (Wildman–Crippen LogP) is 1.09. The zero-order valence-corrected chi connectivity index (χ0v) is 27.6. The summed E-state index contributed by atoms with van der Waals surface area (Å²) in [5, 5.41) is 1.85. The van der Waals surface area contributed by atoms with Crippen LogP contribution < -0.4 is 15.8 Å². The van der Waals surface area contributed by atoms with Crippen LogP contribution >= 0.6 is 11.8 Å². The van der Waals surface area contributed by atoms with Crippen molar-refractivity contribution in [1.82, 2.24) is 15.1 Å². The van der Waals surface area contributed by atoms with E-state index in [4.69, 9.17) is 24.7 Å². The highest BCUT2D eigenvalue weighted by Gasteiger charge is 2.57. The van der Waals surface area contributed by atoms with Gasteiger partial charge < -0.3 is 34.9 Å². The largest absolute Gasteiger partial charge is 0.493 e. The average Bonchev–Trinajstić information content (AvgIpc) is 3.47. The van der Waals surface area contributed by atoms with E-state index in [-0.39, 0.29) is 42.7 Å². The number of ether oxygens (including phenoxy) is 4. The molecule has 3 aliphatic rings. The molecule has 0 aromatic heterocycles. The van der Waals surface area contributed by atoms with Gasteiger partial charge in [-0.1, -0.05) is 13.0 Å². The Labute approximate surface area is 271 Å². The third-order valence-corrected chi connectivity index (χ3v) is 8.82. The maximum absolute atomic E-state index is 13.9. The van der Waals surface area contributed by atoms with Crippen molar-refractivity contribution in [2.75, 3.05) is 32.7 Å². The minimum atomic E-state index is -2.32. The van der Waals surface area contributed by atoms with Gasteiger partial charge in [-0.05, 0) is 50.5 Å². The monoisotopic (exact) mass is 660 g/mol. The summed E-state index contributed by atoms with van der Waals surface area (Å²) in [6.45, 7) is 7.80. The second-order valence-corrected chi connectivity index (χ2v) is 13.3. The normalized spacial score (nSPS) is 19.9. The van der Waals surface area contributed by atoms with Crippen LogP contribution in [0.25, 0.3) is 0 Å². The number of β-lactam (4-membered cyclic amide) rings is 1. The number of hydrogen-bond donors (Lipinski definition) is 2. The van der Waals surface area contributed by atoms with E-state index >= 15 is 0 Å². The second-order valence-electron chi connectivity index (χ2n) is 12.2. The topological polar surface area (TPSA) is 184 Å². The Morgan fingerprint density at radius 2 is 1.89 bits per heavy atom. The van der Waals surface area contributed by atoms with Crippen molar-refractivity contribution in [3.63, 3.8) is 0 Å². The molecule has 0 bridgehead atoms. The van der Waals surface area contributed by atoms with Gasteiger partial charge in [-0.25, -0.2) is 9.59 Å². The summed E-state index contributed by atoms with van der Waals surface area (Å²) in [4.78, 5) is 80.5. The van der Waals surface area contributed by atoms with Crippen LogP contribution in [0, 0.1) is 0 Å². The third kappa shape index (κ3) is 7.15. The average molecular weight is 661 g/mol. The van der Waals surface area contributed by atoms with Crippen molar-refractivity contribution in [3.8, 4) is 5.75 Å². The lowest BCUT2D eigenvalue weighted by molar-refractivity contribution is -0.166. The van der Waals surface area contributed by atoms with Gasteiger partial charge in [0.2, 0.25) is 11.4 Å². The zero-order valence-electron chi connectivity index (χ0n) is 26.8. The van der Waals surface area contributed by atoms with E-state index in [1.54, 1.807) is 32.9 Å². The van der Waals surface area contributed by atoms with Crippen LogP contribution in [0.4, 0.5) is 0 Å². The van der Waals surface area contributed by atoms with Crippen LogP contribution in [-0.2, 0) is 54.9 Å². The molecule has 1 aromatic carbocycles. The van der Waals surface area contributed by atoms with Crippen molar-refractivity contribution in [1.29, 1.82) is 0 Å². The van der Waals surface area contributed by atoms with E-state index in [1.807, 2.05) is 6.92 Å². The first-order valence-corrected chi connectivity index (χ1v) is 15.9. The number of carbonyl (C=O) groups is 6. The Balaban J connectivity index is 1.58. The number of hydrogen-bond acceptors (Lipinski definition) is 12. The molecule has 0 saturated carbocycles. The van der Waals surface area contributed by atoms with Gasteiger partial charge in [0.1, 0.15) is 35.1 Å². The molecule has 14 nitrogen and oxygen atoms in total. The lowest BCUT2D eigenvalue weighted by Gasteiger charge is -2.50. The van der Waals surface area contributed by atoms with Gasteiger partial charge >= 0.3 is 17.9 Å². The number of amides is 3. The lowest BCUT2D eigenvalue weighted by atomic mass is 9.87. The van der Waals surface area contributed by atoms with Crippen molar-refractivity contribution >= 4 is 47.4 Å². The smallest absolute Gasteiger partial charge is 0.356 e. The van der Waals surface area contributed by atoms with E-state index in [1.165, 1.54) is 36.7 Å². The molecule has 4 rings (SSSR count). The number of nitrogens with one attached hydrogen (secondary N) is 1. The summed E-state index contributed by atoms with van der Waals surface area (Å²) in [5.41, 5.74) is 4.43. The van der Waals surface area contributed by atoms with Crippen molar-refractivity contribution in [2.45, 2.75) is 76.4 Å². The summed E-state index contributed by atoms with van der Waals surface area (Å²) in [5.74, 6) is -3.57. The second kappa shape index (κ2) is 13.7. The summed E-state index contributed by atoms with van der Waals surface area (Å²) < 4.78 is 21.6. The van der Waals surface area contributed by atoms with Gasteiger partial charge in [0, 0.05) is 38.1 Å². The number of fused-ring (bicyclic) bond motifs is 2. The highest BCUT2D eigenvalue weighted by molar-refractivity contribution is 8.00. The Morgan fingerprint density at radius 1 is 1.17 bits per heavy atom. The summed E-state index contributed by atoms with van der Waals surface area (Å²) in [7, 11) is 1.48. The van der Waals surface area contributed by atoms with Crippen molar-refractivity contribution in [3.05, 3.63) is 40.6 Å². The van der Waals surface area contributed by atoms with Crippen LogP contribution in [0.3, 0.4) is 0 Å². The highest BCUT2D eigenvalue weighted by atomic mass is 32.2. The van der Waals surface area contributed by atoms with Gasteiger partial charge in [0.05, 0.1) is 6.61 Å². The van der Waals surface area contributed by atoms with E-state index in [0.29, 0.717) is 30.8 Å². The number of nitrogens with two attached hydrogens (primary N) is 1. The molecular weight excluding hydrogens is 620 g/mol. The fraction of sp³-hybridized carbons (Fsp3) is 0.548. The Morgan fingerprint density at radius 3 is 2.54 bits per heavy atom. The van der Waals surface area contributed by atoms with Crippen LogP contribution in [0.5, 0.6) is 5.75 Å². The lowest BCUT2D eigenvalue weighted by Crippen LogP contribution is -2.73. The number of esters is 3. The fourth-order valence-corrected chi connectivity index (χ4v) is 6.39. The summed E-state index contributed by atoms with van der Waals surface area (Å²) in [6.07, 6.45) is 1.44. The summed E-state index contributed by atoms with van der Waals surface area (Å²) in [6, 6.07) is 3.60. The quantitative estimate of drug-likeness (QED) is 0.113. The van der Waals surface area contributed by atoms with Crippen LogP contribution in [0.15, 0.2) is 29.5 Å². The Hall–Kier alpha value is -4.11. The maximum Gasteiger partial charge on any atom is 0.356 e. The molecule has 3 N–H and O–H groups in total. The molecule has 3 heterocycles. The van der Waals surface area contributed by atoms with Gasteiger partial charge in [-0.3, -0.25) is 24.1 Å². The van der Waals surface area contributed by atoms with Gasteiger partial charge in [0.15, 0.2) is 6.73 Å². The molecular formula is C31H40N4O10S. The van der Waals surface area contributed by atoms with E-state index in [9.17, 15) is 28.8 Å². The first-order valence-electron chi connectivity index (χ1n) is 14.9. The molecule has 0 radical (unpaired) electrons. The predicted molar refractivity (Wildman–Crippen MR) is 165 cm³/mol. The molecule has 3 amide bonds. The maximum atomic E-state index is 13.9. The van der Waals surface area contributed by atoms with E-state index in [2.05, 4.69) is 5.32 Å². The molecule has 250 valence electrons. The first-order chi connectivity index (χ1) is 21.6. The number of nitrogens with zero attached hydrogens (tertiary/aromatic N) is 2. The third-order valence-electron chi connectivity index (χ3n) is 7.48. The number of thioether (sulfide) groups is 1. The molecule has 46 heavy (non-hydrogen) atoms. The molecule has 0 spiro atoms. The first kappa shape index (κ1) is 34.8. The zero-order chi connectivity index (χ0) is 34.0. The van der Waals surface area contributed by atoms with E-state index < -0.39 is 52.3 Å². The van der Waals surface area contributed by atoms with Crippen LogP contribution in [0.1, 0.15) is 58.6 Å². The molecule has 3 atom stereocenters. The SMILES string of the molecule is CCCC(=O)N(C)COC(=O)C1=C(COC(C)=O)CSC2C(NC(=O)C(N)(C(=O)OC(C)(C)C)c3ccc4c(c3)CCO4)C(=O)N12. The minimum absolute atomic E-state index is 0.137. The molecule has 3 unspecified atom stereocenters. The summed E-state index contributed by atoms with van der Waals surface area (Å²) >= 11 is 1.22. The minimum Gasteiger partial charge on any atom is -0.493 e. The Bertz CT molecular complexity index is 1470. The van der Waals surface area contributed by atoms with Gasteiger partial charge in [-0.2, -0.15) is 0 Å². The van der Waals surface area contributed by atoms with Gasteiger partial charge in [-0.15, -0.1) is 11.8 Å². The van der Waals surface area contributed by atoms with Crippen LogP contribution in [0.2, 0.25) is 0 Å². The molecule has 3 aliphatic heterocycles. The molecule has 15 heteroatoms. The number of carbonyl (C=O) groups excluding carboxylic acids is 6. The van der Waals surface area contributed by atoms with E-state index in [0.717, 1.165) is 10.5 Å². The van der Waals surface area contributed by atoms with Gasteiger partial charge in [0.25, 0.3) is 11.8 Å². The van der Waals surface area contributed by atoms with Crippen LogP contribution in [-0.4, -0.2) is 95.2 Å². The molecule has 0 aliphatic carbocycles. The fourth-order valence-electron chi connectivity index (χ4n) is 5.06.